The second kappa shape index (κ2) is 10.1. The SMILES string of the molecule is CCCc1ccc(-c2c(C)c(C(=O)NCC3CCC(C)CC3)nn2CC)c(OC)c1. The molecule has 1 aromatic carbocycles. The van der Waals surface area contributed by atoms with Gasteiger partial charge in [-0.05, 0) is 62.6 Å². The first-order valence-electron chi connectivity index (χ1n) is 11.5. The number of nitrogens with zero attached hydrogens (tertiary/aromatic N) is 2. The monoisotopic (exact) mass is 411 g/mol. The van der Waals surface area contributed by atoms with Crippen LogP contribution in [0, 0.1) is 18.8 Å². The highest BCUT2D eigenvalue weighted by molar-refractivity contribution is 5.95. The van der Waals surface area contributed by atoms with Crippen LogP contribution in [0.3, 0.4) is 0 Å². The molecule has 1 aromatic heterocycles. The highest BCUT2D eigenvalue weighted by Crippen LogP contribution is 2.35. The number of hydrogen-bond donors (Lipinski definition) is 1. The Kier molecular flexibility index (Phi) is 7.57. The molecule has 0 aliphatic heterocycles. The van der Waals surface area contributed by atoms with Crippen molar-refractivity contribution in [2.45, 2.75) is 72.8 Å². The summed E-state index contributed by atoms with van der Waals surface area (Å²) in [5.74, 6) is 2.17. The van der Waals surface area contributed by atoms with Gasteiger partial charge in [-0.3, -0.25) is 9.48 Å². The fourth-order valence-corrected chi connectivity index (χ4v) is 4.57. The summed E-state index contributed by atoms with van der Waals surface area (Å²) in [6.45, 7) is 9.98. The average molecular weight is 412 g/mol. The molecule has 3 rings (SSSR count). The molecule has 5 heteroatoms. The molecular formula is C25H37N3O2. The second-order valence-electron chi connectivity index (χ2n) is 8.76. The van der Waals surface area contributed by atoms with Crippen LogP contribution in [0.4, 0.5) is 0 Å². The van der Waals surface area contributed by atoms with Crippen molar-refractivity contribution >= 4 is 5.91 Å². The molecule has 0 atom stereocenters. The van der Waals surface area contributed by atoms with Gasteiger partial charge >= 0.3 is 0 Å². The number of nitrogens with one attached hydrogen (secondary N) is 1. The first kappa shape index (κ1) is 22.4. The smallest absolute Gasteiger partial charge is 0.272 e. The van der Waals surface area contributed by atoms with E-state index in [1.807, 2.05) is 11.6 Å². The number of benzene rings is 1. The van der Waals surface area contributed by atoms with Gasteiger partial charge in [0.15, 0.2) is 5.69 Å². The van der Waals surface area contributed by atoms with Crippen molar-refractivity contribution in [1.29, 1.82) is 0 Å². The molecule has 5 nitrogen and oxygen atoms in total. The van der Waals surface area contributed by atoms with E-state index in [4.69, 9.17) is 4.74 Å². The van der Waals surface area contributed by atoms with Gasteiger partial charge in [-0.15, -0.1) is 0 Å². The fraction of sp³-hybridized carbons (Fsp3) is 0.600. The van der Waals surface area contributed by atoms with Crippen molar-refractivity contribution in [1.82, 2.24) is 15.1 Å². The fourth-order valence-electron chi connectivity index (χ4n) is 4.57. The zero-order valence-electron chi connectivity index (χ0n) is 19.3. The summed E-state index contributed by atoms with van der Waals surface area (Å²) in [5.41, 5.74) is 4.65. The molecule has 0 spiro atoms. The molecule has 1 aliphatic rings. The Hall–Kier alpha value is -2.30. The van der Waals surface area contributed by atoms with Crippen LogP contribution in [-0.4, -0.2) is 29.3 Å². The van der Waals surface area contributed by atoms with Crippen LogP contribution in [0.25, 0.3) is 11.3 Å². The molecule has 0 bridgehead atoms. The van der Waals surface area contributed by atoms with Crippen LogP contribution in [-0.2, 0) is 13.0 Å². The van der Waals surface area contributed by atoms with Crippen molar-refractivity contribution in [3.63, 3.8) is 0 Å². The molecule has 1 saturated carbocycles. The maximum Gasteiger partial charge on any atom is 0.272 e. The summed E-state index contributed by atoms with van der Waals surface area (Å²) in [7, 11) is 1.70. The van der Waals surface area contributed by atoms with Crippen molar-refractivity contribution in [2.75, 3.05) is 13.7 Å². The first-order valence-corrected chi connectivity index (χ1v) is 11.5. The second-order valence-corrected chi connectivity index (χ2v) is 8.76. The normalized spacial score (nSPS) is 19.0. The van der Waals surface area contributed by atoms with Gasteiger partial charge in [0.05, 0.1) is 12.8 Å². The Morgan fingerprint density at radius 1 is 1.23 bits per heavy atom. The number of aromatic nitrogens is 2. The van der Waals surface area contributed by atoms with E-state index in [1.54, 1.807) is 7.11 Å². The third-order valence-electron chi connectivity index (χ3n) is 6.45. The first-order chi connectivity index (χ1) is 14.5. The molecule has 1 N–H and O–H groups in total. The molecule has 30 heavy (non-hydrogen) atoms. The molecule has 0 radical (unpaired) electrons. The molecule has 2 aromatic rings. The number of rotatable bonds is 8. The van der Waals surface area contributed by atoms with E-state index in [1.165, 1.54) is 31.2 Å². The Labute approximate surface area is 181 Å². The number of carbonyl (C=O) groups excluding carboxylic acids is 1. The quantitative estimate of drug-likeness (QED) is 0.633. The summed E-state index contributed by atoms with van der Waals surface area (Å²) in [5, 5.41) is 7.81. The van der Waals surface area contributed by atoms with Crippen LogP contribution in [0.5, 0.6) is 5.75 Å². The highest BCUT2D eigenvalue weighted by Gasteiger charge is 2.24. The Bertz CT molecular complexity index is 864. The minimum atomic E-state index is -0.0684. The molecule has 164 valence electrons. The van der Waals surface area contributed by atoms with Gasteiger partial charge in [-0.25, -0.2) is 0 Å². The molecule has 1 aliphatic carbocycles. The standard InChI is InChI=1S/C25H37N3O2/c1-6-8-19-13-14-21(22(15-19)30-5)24-18(4)23(27-28(24)7-2)25(29)26-16-20-11-9-17(3)10-12-20/h13-15,17,20H,6-12,16H2,1-5H3,(H,26,29). The van der Waals surface area contributed by atoms with Crippen LogP contribution in [0.1, 0.15) is 74.5 Å². The minimum absolute atomic E-state index is 0.0684. The van der Waals surface area contributed by atoms with E-state index < -0.39 is 0 Å². The van der Waals surface area contributed by atoms with Gasteiger partial charge in [0.2, 0.25) is 0 Å². The van der Waals surface area contributed by atoms with E-state index in [0.29, 0.717) is 18.2 Å². The molecule has 1 heterocycles. The Balaban J connectivity index is 1.83. The average Bonchev–Trinajstić information content (AvgIpc) is 3.09. The third kappa shape index (κ3) is 4.88. The summed E-state index contributed by atoms with van der Waals surface area (Å²) in [6, 6.07) is 6.36. The molecule has 0 saturated heterocycles. The van der Waals surface area contributed by atoms with Crippen LogP contribution >= 0.6 is 0 Å². The van der Waals surface area contributed by atoms with E-state index in [9.17, 15) is 4.79 Å². The van der Waals surface area contributed by atoms with E-state index in [0.717, 1.165) is 47.9 Å². The third-order valence-corrected chi connectivity index (χ3v) is 6.45. The van der Waals surface area contributed by atoms with Gasteiger partial charge in [0.1, 0.15) is 5.75 Å². The topological polar surface area (TPSA) is 56.2 Å². The van der Waals surface area contributed by atoms with E-state index >= 15 is 0 Å². The molecule has 0 unspecified atom stereocenters. The number of ether oxygens (including phenoxy) is 1. The predicted octanol–water partition coefficient (Wildman–Crippen LogP) is 5.40. The van der Waals surface area contributed by atoms with Crippen molar-refractivity contribution in [2.24, 2.45) is 11.8 Å². The number of aryl methyl sites for hydroxylation is 2. The highest BCUT2D eigenvalue weighted by atomic mass is 16.5. The lowest BCUT2D eigenvalue weighted by Crippen LogP contribution is -2.31. The summed E-state index contributed by atoms with van der Waals surface area (Å²) < 4.78 is 7.63. The summed E-state index contributed by atoms with van der Waals surface area (Å²) >= 11 is 0. The van der Waals surface area contributed by atoms with Crippen LogP contribution in [0.2, 0.25) is 0 Å². The largest absolute Gasteiger partial charge is 0.496 e. The van der Waals surface area contributed by atoms with Crippen molar-refractivity contribution in [3.05, 3.63) is 35.0 Å². The van der Waals surface area contributed by atoms with Crippen molar-refractivity contribution in [3.8, 4) is 17.0 Å². The summed E-state index contributed by atoms with van der Waals surface area (Å²) in [4.78, 5) is 13.0. The Morgan fingerprint density at radius 3 is 2.60 bits per heavy atom. The van der Waals surface area contributed by atoms with Crippen LogP contribution in [0.15, 0.2) is 18.2 Å². The van der Waals surface area contributed by atoms with Gasteiger partial charge in [0, 0.05) is 24.2 Å². The number of amides is 1. The lowest BCUT2D eigenvalue weighted by atomic mass is 9.83. The van der Waals surface area contributed by atoms with Gasteiger partial charge in [-0.1, -0.05) is 39.2 Å². The number of carbonyl (C=O) groups is 1. The maximum absolute atomic E-state index is 13.0. The summed E-state index contributed by atoms with van der Waals surface area (Å²) in [6.07, 6.45) is 7.06. The van der Waals surface area contributed by atoms with Gasteiger partial charge in [-0.2, -0.15) is 5.10 Å². The predicted molar refractivity (Wildman–Crippen MR) is 122 cm³/mol. The van der Waals surface area contributed by atoms with Crippen LogP contribution < -0.4 is 10.1 Å². The van der Waals surface area contributed by atoms with Gasteiger partial charge in [0.25, 0.3) is 5.91 Å². The molecule has 1 amide bonds. The van der Waals surface area contributed by atoms with E-state index in [-0.39, 0.29) is 5.91 Å². The van der Waals surface area contributed by atoms with Crippen molar-refractivity contribution < 1.29 is 9.53 Å². The number of hydrogen-bond acceptors (Lipinski definition) is 3. The number of methoxy groups -OCH3 is 1. The van der Waals surface area contributed by atoms with E-state index in [2.05, 4.69) is 49.4 Å². The Morgan fingerprint density at radius 2 is 1.97 bits per heavy atom. The maximum atomic E-state index is 13.0. The lowest BCUT2D eigenvalue weighted by Gasteiger charge is -2.26. The molecular weight excluding hydrogens is 374 g/mol. The molecule has 1 fully saturated rings. The minimum Gasteiger partial charge on any atom is -0.496 e. The zero-order valence-corrected chi connectivity index (χ0v) is 19.3. The van der Waals surface area contributed by atoms with Gasteiger partial charge < -0.3 is 10.1 Å². The lowest BCUT2D eigenvalue weighted by molar-refractivity contribution is 0.0935. The zero-order chi connectivity index (χ0) is 21.7.